The maximum absolute atomic E-state index is 13.4. The summed E-state index contributed by atoms with van der Waals surface area (Å²) in [6.07, 6.45) is 4.91. The quantitative estimate of drug-likeness (QED) is 0.236. The molecular weight excluding hydrogens is 505 g/mol. The third-order valence-corrected chi connectivity index (χ3v) is 6.94. The first-order valence-electron chi connectivity index (χ1n) is 12.6. The number of hydrogen-bond donors (Lipinski definition) is 2. The Kier molecular flexibility index (Phi) is 11.2. The molecular formula is C26H35F3N4O3S. The molecule has 1 aromatic carbocycles. The normalized spacial score (nSPS) is 17.8. The van der Waals surface area contributed by atoms with Gasteiger partial charge < -0.3 is 20.1 Å². The first-order valence-corrected chi connectivity index (χ1v) is 13.9. The molecule has 37 heavy (non-hydrogen) atoms. The van der Waals surface area contributed by atoms with Gasteiger partial charge in [0.05, 0.1) is 31.2 Å². The van der Waals surface area contributed by atoms with Crippen LogP contribution in [0.3, 0.4) is 0 Å². The molecule has 1 heterocycles. The van der Waals surface area contributed by atoms with E-state index in [4.69, 9.17) is 9.47 Å². The summed E-state index contributed by atoms with van der Waals surface area (Å²) in [7, 11) is 0. The van der Waals surface area contributed by atoms with Crippen LogP contribution in [0.5, 0.6) is 5.75 Å². The van der Waals surface area contributed by atoms with Gasteiger partial charge in [-0.3, -0.25) is 4.79 Å². The van der Waals surface area contributed by atoms with Gasteiger partial charge in [0.2, 0.25) is 5.95 Å². The number of aromatic nitrogens is 2. The van der Waals surface area contributed by atoms with Crippen molar-refractivity contribution in [3.63, 3.8) is 0 Å². The molecule has 0 radical (unpaired) electrons. The maximum Gasteiger partial charge on any atom is 0.416 e. The van der Waals surface area contributed by atoms with Crippen LogP contribution < -0.4 is 15.4 Å². The number of hydrogen-bond acceptors (Lipinski definition) is 8. The number of thioether (sulfide) groups is 1. The standard InChI is InChI=1S/C26H35F3N4O3S/c1-3-35-24(34)12-18-4-6-19(7-5-18)14-30-23-9-8-21(26(27,28)29)13-20(23)15-31-25-32-16-22(17-33-25)36-10-11-37-2/h8-9,13,16-19,30H,3-7,10-12,14-15H2,1-2H3,(H,31,32,33). The highest BCUT2D eigenvalue weighted by Gasteiger charge is 2.31. The summed E-state index contributed by atoms with van der Waals surface area (Å²) in [5, 5.41) is 6.36. The molecule has 0 unspecified atom stereocenters. The van der Waals surface area contributed by atoms with Crippen molar-refractivity contribution in [2.24, 2.45) is 11.8 Å². The number of carbonyl (C=O) groups excluding carboxylic acids is 1. The van der Waals surface area contributed by atoms with Crippen molar-refractivity contribution in [2.75, 3.05) is 42.4 Å². The summed E-state index contributed by atoms with van der Waals surface area (Å²) in [6, 6.07) is 3.74. The Morgan fingerprint density at radius 3 is 2.46 bits per heavy atom. The molecule has 1 saturated carbocycles. The zero-order chi connectivity index (χ0) is 26.7. The molecule has 2 N–H and O–H groups in total. The first kappa shape index (κ1) is 28.9. The van der Waals surface area contributed by atoms with Crippen molar-refractivity contribution in [1.82, 2.24) is 9.97 Å². The lowest BCUT2D eigenvalue weighted by Gasteiger charge is -2.28. The summed E-state index contributed by atoms with van der Waals surface area (Å²) < 4.78 is 50.7. The van der Waals surface area contributed by atoms with Crippen LogP contribution in [0, 0.1) is 11.8 Å². The molecule has 1 fully saturated rings. The molecule has 0 aliphatic heterocycles. The number of esters is 1. The number of rotatable bonds is 13. The van der Waals surface area contributed by atoms with Crippen LogP contribution >= 0.6 is 11.8 Å². The summed E-state index contributed by atoms with van der Waals surface area (Å²) in [5.41, 5.74) is 0.425. The van der Waals surface area contributed by atoms with Crippen molar-refractivity contribution in [3.8, 4) is 5.75 Å². The largest absolute Gasteiger partial charge is 0.489 e. The molecule has 0 atom stereocenters. The van der Waals surface area contributed by atoms with Gasteiger partial charge in [-0.2, -0.15) is 24.9 Å². The molecule has 3 rings (SSSR count). The fourth-order valence-corrected chi connectivity index (χ4v) is 4.59. The molecule has 0 spiro atoms. The lowest BCUT2D eigenvalue weighted by molar-refractivity contribution is -0.144. The Labute approximate surface area is 220 Å². The van der Waals surface area contributed by atoms with Gasteiger partial charge in [-0.25, -0.2) is 9.97 Å². The van der Waals surface area contributed by atoms with Crippen molar-refractivity contribution in [3.05, 3.63) is 41.7 Å². The number of anilines is 2. The van der Waals surface area contributed by atoms with E-state index in [0.29, 0.717) is 61.0 Å². The monoisotopic (exact) mass is 540 g/mol. The van der Waals surface area contributed by atoms with Gasteiger partial charge in [-0.1, -0.05) is 0 Å². The van der Waals surface area contributed by atoms with Gasteiger partial charge in [0.25, 0.3) is 0 Å². The van der Waals surface area contributed by atoms with Gasteiger partial charge in [0.15, 0.2) is 5.75 Å². The smallest absolute Gasteiger partial charge is 0.416 e. The summed E-state index contributed by atoms with van der Waals surface area (Å²) in [4.78, 5) is 20.1. The van der Waals surface area contributed by atoms with E-state index < -0.39 is 11.7 Å². The minimum absolute atomic E-state index is 0.130. The van der Waals surface area contributed by atoms with Gasteiger partial charge in [0.1, 0.15) is 0 Å². The predicted octanol–water partition coefficient (Wildman–Crippen LogP) is 6.02. The highest BCUT2D eigenvalue weighted by Crippen LogP contribution is 2.34. The van der Waals surface area contributed by atoms with Gasteiger partial charge in [-0.15, -0.1) is 0 Å². The molecule has 0 amide bonds. The van der Waals surface area contributed by atoms with Crippen molar-refractivity contribution in [1.29, 1.82) is 0 Å². The van der Waals surface area contributed by atoms with Gasteiger partial charge in [0, 0.05) is 31.0 Å². The van der Waals surface area contributed by atoms with Crippen LogP contribution in [0.25, 0.3) is 0 Å². The molecule has 11 heteroatoms. The molecule has 0 saturated heterocycles. The minimum Gasteiger partial charge on any atom is -0.489 e. The molecule has 1 aliphatic carbocycles. The van der Waals surface area contributed by atoms with E-state index in [9.17, 15) is 18.0 Å². The Hall–Kier alpha value is -2.69. The van der Waals surface area contributed by atoms with Crippen LogP contribution in [-0.2, 0) is 22.3 Å². The molecule has 0 bridgehead atoms. The highest BCUT2D eigenvalue weighted by atomic mass is 32.2. The number of ether oxygens (including phenoxy) is 2. The fourth-order valence-electron chi connectivity index (χ4n) is 4.34. The highest BCUT2D eigenvalue weighted by molar-refractivity contribution is 7.98. The Morgan fingerprint density at radius 1 is 1.11 bits per heavy atom. The fraction of sp³-hybridized carbons (Fsp3) is 0.577. The third kappa shape index (κ3) is 9.60. The number of benzene rings is 1. The zero-order valence-electron chi connectivity index (χ0n) is 21.3. The van der Waals surface area contributed by atoms with E-state index in [1.807, 2.05) is 6.26 Å². The second-order valence-electron chi connectivity index (χ2n) is 9.08. The summed E-state index contributed by atoms with van der Waals surface area (Å²) in [5.74, 6) is 2.28. The van der Waals surface area contributed by atoms with Crippen LogP contribution in [0.15, 0.2) is 30.6 Å². The van der Waals surface area contributed by atoms with Crippen LogP contribution in [0.2, 0.25) is 0 Å². The number of halogens is 3. The van der Waals surface area contributed by atoms with Crippen molar-refractivity contribution < 1.29 is 27.4 Å². The number of alkyl halides is 3. The Balaban J connectivity index is 1.57. The molecule has 204 valence electrons. The SMILES string of the molecule is CCOC(=O)CC1CCC(CNc2ccc(C(F)(F)F)cc2CNc2ncc(OCCSC)cn2)CC1. The van der Waals surface area contributed by atoms with Gasteiger partial charge >= 0.3 is 12.1 Å². The predicted molar refractivity (Wildman–Crippen MR) is 140 cm³/mol. The lowest BCUT2D eigenvalue weighted by Crippen LogP contribution is -2.23. The number of carbonyl (C=O) groups is 1. The molecule has 7 nitrogen and oxygen atoms in total. The maximum atomic E-state index is 13.4. The van der Waals surface area contributed by atoms with Crippen LogP contribution in [0.1, 0.15) is 50.2 Å². The third-order valence-electron chi connectivity index (χ3n) is 6.36. The van der Waals surface area contributed by atoms with E-state index in [1.165, 1.54) is 6.07 Å². The first-order chi connectivity index (χ1) is 17.8. The zero-order valence-corrected chi connectivity index (χ0v) is 22.1. The van der Waals surface area contributed by atoms with Crippen LogP contribution in [0.4, 0.5) is 24.8 Å². The second kappa shape index (κ2) is 14.3. The summed E-state index contributed by atoms with van der Waals surface area (Å²) >= 11 is 1.67. The molecule has 1 aromatic heterocycles. The second-order valence-corrected chi connectivity index (χ2v) is 10.1. The molecule has 2 aromatic rings. The van der Waals surface area contributed by atoms with E-state index >= 15 is 0 Å². The summed E-state index contributed by atoms with van der Waals surface area (Å²) in [6.45, 7) is 3.53. The van der Waals surface area contributed by atoms with E-state index in [-0.39, 0.29) is 12.5 Å². The van der Waals surface area contributed by atoms with Crippen LogP contribution in [-0.4, -0.2) is 47.7 Å². The van der Waals surface area contributed by atoms with E-state index in [1.54, 1.807) is 31.1 Å². The lowest BCUT2D eigenvalue weighted by atomic mass is 9.80. The number of nitrogens with one attached hydrogen (secondary N) is 2. The average Bonchev–Trinajstić information content (AvgIpc) is 2.88. The number of nitrogens with zero attached hydrogens (tertiary/aromatic N) is 2. The van der Waals surface area contributed by atoms with E-state index in [0.717, 1.165) is 43.6 Å². The minimum atomic E-state index is -4.43. The van der Waals surface area contributed by atoms with Crippen molar-refractivity contribution >= 4 is 29.4 Å². The van der Waals surface area contributed by atoms with E-state index in [2.05, 4.69) is 20.6 Å². The van der Waals surface area contributed by atoms with Gasteiger partial charge in [-0.05, 0) is 74.5 Å². The average molecular weight is 541 g/mol. The Bertz CT molecular complexity index is 984. The Morgan fingerprint density at radius 2 is 1.81 bits per heavy atom. The van der Waals surface area contributed by atoms with Crippen molar-refractivity contribution in [2.45, 2.75) is 51.7 Å². The molecule has 1 aliphatic rings. The topological polar surface area (TPSA) is 85.4 Å².